The molecule has 0 spiro atoms. The predicted octanol–water partition coefficient (Wildman–Crippen LogP) is 8.06. The van der Waals surface area contributed by atoms with Crippen molar-refractivity contribution in [1.29, 1.82) is 0 Å². The lowest BCUT2D eigenvalue weighted by Gasteiger charge is -2.33. The Morgan fingerprint density at radius 1 is 0.690 bits per heavy atom. The minimum atomic E-state index is -1.57. The number of alkyl carbamates (subject to hydrolysis) is 3. The molecule has 1 aromatic heterocycles. The Labute approximate surface area is 494 Å². The number of likely N-dealkylation sites (N-methyl/N-ethyl adjacent to an activating group) is 1. The Morgan fingerprint density at radius 3 is 1.76 bits per heavy atom. The number of H-pyrrole nitrogens is 1. The molecular formula is C61H79N9O13S. The molecule has 4 atom stereocenters. The fraction of sp³-hybridized carbons (Fsp3) is 0.459. The fourth-order valence-electron chi connectivity index (χ4n) is 8.77. The summed E-state index contributed by atoms with van der Waals surface area (Å²) in [6.45, 7) is 18.4. The average Bonchev–Trinajstić information content (AvgIpc) is 2.29. The van der Waals surface area contributed by atoms with Crippen LogP contribution < -0.4 is 46.2 Å². The first-order chi connectivity index (χ1) is 39.6. The van der Waals surface area contributed by atoms with Crippen molar-refractivity contribution in [2.45, 2.75) is 143 Å². The van der Waals surface area contributed by atoms with Gasteiger partial charge in [0, 0.05) is 35.3 Å². The molecule has 22 nitrogen and oxygen atoms in total. The molecule has 0 saturated heterocycles. The van der Waals surface area contributed by atoms with Gasteiger partial charge in [0.2, 0.25) is 17.7 Å². The van der Waals surface area contributed by atoms with Gasteiger partial charge in [-0.25, -0.2) is 14.4 Å². The summed E-state index contributed by atoms with van der Waals surface area (Å²) in [4.78, 5) is 113. The third kappa shape index (κ3) is 19.6. The highest BCUT2D eigenvalue weighted by molar-refractivity contribution is 7.02. The van der Waals surface area contributed by atoms with Crippen molar-refractivity contribution < 1.29 is 57.2 Å². The van der Waals surface area contributed by atoms with E-state index < -0.39 is 94.3 Å². The molecule has 0 radical (unpaired) electrons. The molecule has 7 amide bonds. The number of unbranched alkanes of at least 4 members (excludes halogenated alkanes) is 1. The Morgan fingerprint density at radius 2 is 1.23 bits per heavy atom. The van der Waals surface area contributed by atoms with Gasteiger partial charge < -0.3 is 60.5 Å². The summed E-state index contributed by atoms with van der Waals surface area (Å²) in [7, 11) is 1.35. The number of nitrogens with zero attached hydrogens (tertiary/aromatic N) is 2. The van der Waals surface area contributed by atoms with Crippen LogP contribution in [0.1, 0.15) is 134 Å². The minimum absolute atomic E-state index is 0.00474. The third-order valence-corrected chi connectivity index (χ3v) is 13.3. The van der Waals surface area contributed by atoms with Crippen LogP contribution in [0.5, 0.6) is 11.5 Å². The van der Waals surface area contributed by atoms with Crippen molar-refractivity contribution in [1.82, 2.24) is 46.2 Å². The second-order valence-corrected chi connectivity index (χ2v) is 24.0. The second-order valence-electron chi connectivity index (χ2n) is 23.3. The van der Waals surface area contributed by atoms with E-state index in [1.165, 1.54) is 19.5 Å². The molecule has 1 aliphatic heterocycles. The lowest BCUT2D eigenvalue weighted by Crippen LogP contribution is -2.56. The number of amides is 7. The minimum Gasteiger partial charge on any atom is -0.491 e. The van der Waals surface area contributed by atoms with Gasteiger partial charge in [0.1, 0.15) is 65.5 Å². The number of aromatic amines is 1. The lowest BCUT2D eigenvalue weighted by molar-refractivity contribution is -0.141. The Hall–Kier alpha value is -8.47. The third-order valence-electron chi connectivity index (χ3n) is 12.7. The smallest absolute Gasteiger partial charge is 0.407 e. The first-order valence-electron chi connectivity index (χ1n) is 27.9. The maximum Gasteiger partial charge on any atom is 0.407 e. The van der Waals surface area contributed by atoms with Gasteiger partial charge in [-0.2, -0.15) is 4.37 Å². The first-order valence-corrected chi connectivity index (χ1v) is 28.7. The van der Waals surface area contributed by atoms with Gasteiger partial charge in [-0.15, -0.1) is 0 Å². The number of benzene rings is 4. The van der Waals surface area contributed by atoms with Crippen LogP contribution in [-0.4, -0.2) is 125 Å². The van der Waals surface area contributed by atoms with E-state index in [2.05, 4.69) is 60.3 Å². The standard InChI is InChI=1S/C61H79N9O13S/c1-13-14-15-37-16-19-39(20-17-37)40-21-23-41(24-22-40)52(72)67-46(35-64-57(77)83-61(9,10)11)54(74)70(12)49-42-25-27-48(80-31-29-63-56(76)82-60(6,7)8)44(34-42)43-32-38(18-26-47(43)79-30-28-62-55(75)81-59(3,4)5)33-45(50-68-58(78)84-69-50)66-51(71)36(2)65-53(49)73/h16-27,32,34,36,45-46,49H,13-15,28-31,33,35H2,1-12H3,(H,62,75)(H,63,76)(H,64,77)(H,65,73)(H,66,71)(H,67,72)(H,68,69,78)/t36-,45-,46-,49-/m0/s1. The number of carbonyl (C=O) groups excluding carboxylic acids is 7. The molecule has 4 aromatic carbocycles. The van der Waals surface area contributed by atoms with Gasteiger partial charge in [0.25, 0.3) is 5.91 Å². The molecule has 23 heteroatoms. The summed E-state index contributed by atoms with van der Waals surface area (Å²) in [5.41, 5.74) is 2.32. The Kier molecular flexibility index (Phi) is 22.1. The summed E-state index contributed by atoms with van der Waals surface area (Å²) in [6, 6.07) is 19.8. The number of hydrogen-bond acceptors (Lipinski definition) is 15. The Bertz CT molecular complexity index is 3180. The Balaban J connectivity index is 1.44. The van der Waals surface area contributed by atoms with E-state index in [9.17, 15) is 28.8 Å². The van der Waals surface area contributed by atoms with Gasteiger partial charge in [0.15, 0.2) is 0 Å². The van der Waals surface area contributed by atoms with Crippen molar-refractivity contribution in [2.75, 3.05) is 39.9 Å². The lowest BCUT2D eigenvalue weighted by atomic mass is 9.93. The molecule has 4 bridgehead atoms. The normalized spacial score (nSPS) is 15.8. The van der Waals surface area contributed by atoms with Crippen molar-refractivity contribution in [3.63, 3.8) is 0 Å². The largest absolute Gasteiger partial charge is 0.491 e. The van der Waals surface area contributed by atoms with E-state index in [0.29, 0.717) is 28.2 Å². The van der Waals surface area contributed by atoms with Crippen LogP contribution in [0.15, 0.2) is 89.7 Å². The van der Waals surface area contributed by atoms with Crippen LogP contribution in [0.3, 0.4) is 0 Å². The number of rotatable bonds is 19. The zero-order valence-electron chi connectivity index (χ0n) is 49.9. The van der Waals surface area contributed by atoms with E-state index in [1.54, 1.807) is 123 Å². The number of hydrogen-bond donors (Lipinski definition) is 7. The van der Waals surface area contributed by atoms with Gasteiger partial charge in [-0.3, -0.25) is 29.0 Å². The molecular weight excluding hydrogens is 1100 g/mol. The molecule has 84 heavy (non-hydrogen) atoms. The van der Waals surface area contributed by atoms with Crippen LogP contribution in [0.25, 0.3) is 22.3 Å². The van der Waals surface area contributed by atoms with Gasteiger partial charge in [-0.05, 0) is 153 Å². The molecule has 0 unspecified atom stereocenters. The second kappa shape index (κ2) is 28.7. The number of carbonyl (C=O) groups is 7. The molecule has 0 aliphatic carbocycles. The molecule has 452 valence electrons. The summed E-state index contributed by atoms with van der Waals surface area (Å²) < 4.78 is 33.4. The number of ether oxygens (including phenoxy) is 5. The zero-order valence-corrected chi connectivity index (χ0v) is 50.7. The van der Waals surface area contributed by atoms with Gasteiger partial charge >= 0.3 is 23.2 Å². The molecule has 2 heterocycles. The van der Waals surface area contributed by atoms with Gasteiger partial charge in [0.05, 0.1) is 25.7 Å². The highest BCUT2D eigenvalue weighted by Crippen LogP contribution is 2.41. The summed E-state index contributed by atoms with van der Waals surface area (Å²) in [6.07, 6.45) is 1.01. The molecule has 0 fully saturated rings. The molecule has 6 rings (SSSR count). The predicted molar refractivity (Wildman–Crippen MR) is 318 cm³/mol. The first kappa shape index (κ1) is 64.7. The van der Waals surface area contributed by atoms with Crippen molar-refractivity contribution >= 4 is 53.4 Å². The van der Waals surface area contributed by atoms with Crippen LogP contribution >= 0.6 is 11.5 Å². The fourth-order valence-corrected chi connectivity index (χ4v) is 9.28. The molecule has 0 saturated carbocycles. The van der Waals surface area contributed by atoms with E-state index >= 15 is 9.59 Å². The summed E-state index contributed by atoms with van der Waals surface area (Å²) in [5, 5.41) is 16.4. The topological polar surface area (TPSA) is 287 Å². The summed E-state index contributed by atoms with van der Waals surface area (Å²) in [5.74, 6) is -2.31. The van der Waals surface area contributed by atoms with E-state index in [-0.39, 0.29) is 61.2 Å². The SMILES string of the molecule is CCCCc1ccc(-c2ccc(C(=O)N[C@@H](CNC(=O)OC(C)(C)C)C(=O)N(C)[C@@H]3C(=O)N[C@@H](C)C(=O)N[C@H](c4nsc(=O)[nH]4)Cc4ccc(OCCNC(=O)OC(C)(C)C)c(c4)-c4cc3ccc4OCCNC(=O)OC(C)(C)C)cc2)cc1. The zero-order chi connectivity index (χ0) is 61.5. The van der Waals surface area contributed by atoms with E-state index in [0.717, 1.165) is 35.3 Å². The molecule has 1 aliphatic rings. The highest BCUT2D eigenvalue weighted by Gasteiger charge is 2.37. The van der Waals surface area contributed by atoms with Crippen LogP contribution in [-0.2, 0) is 41.4 Å². The van der Waals surface area contributed by atoms with Crippen LogP contribution in [0, 0.1) is 0 Å². The van der Waals surface area contributed by atoms with Gasteiger partial charge in [-0.1, -0.05) is 61.9 Å². The molecule has 5 aromatic rings. The van der Waals surface area contributed by atoms with Crippen molar-refractivity contribution in [3.8, 4) is 33.8 Å². The average molecular weight is 1180 g/mol. The van der Waals surface area contributed by atoms with Crippen molar-refractivity contribution in [3.05, 3.63) is 123 Å². The highest BCUT2D eigenvalue weighted by atomic mass is 32.1. The van der Waals surface area contributed by atoms with E-state index in [1.807, 2.05) is 12.1 Å². The number of aryl methyl sites for hydroxylation is 1. The molecule has 7 N–H and O–H groups in total. The number of nitrogens with one attached hydrogen (secondary N) is 7. The van der Waals surface area contributed by atoms with E-state index in [4.69, 9.17) is 23.7 Å². The number of fused-ring (bicyclic) bond motifs is 5. The maximum atomic E-state index is 15.3. The van der Waals surface area contributed by atoms with Crippen LogP contribution in [0.4, 0.5) is 14.4 Å². The quantitative estimate of drug-likeness (QED) is 0.0304. The number of aromatic nitrogens is 2. The summed E-state index contributed by atoms with van der Waals surface area (Å²) >= 11 is 0.665. The van der Waals surface area contributed by atoms with Crippen LogP contribution in [0.2, 0.25) is 0 Å². The monoisotopic (exact) mass is 1180 g/mol. The van der Waals surface area contributed by atoms with Crippen molar-refractivity contribution in [2.24, 2.45) is 0 Å². The maximum absolute atomic E-state index is 15.3.